The Morgan fingerprint density at radius 2 is 1.84 bits per heavy atom. The average Bonchev–Trinajstić information content (AvgIpc) is 3.15. The fourth-order valence-electron chi connectivity index (χ4n) is 3.64. The molecule has 2 aliphatic heterocycles. The number of rotatable bonds is 4. The van der Waals surface area contributed by atoms with Crippen LogP contribution < -0.4 is 5.32 Å². The van der Waals surface area contributed by atoms with Gasteiger partial charge in [-0.05, 0) is 44.9 Å². The molecule has 1 N–H and O–H groups in total. The lowest BCUT2D eigenvalue weighted by molar-refractivity contribution is -0.133. The molecule has 8 heteroatoms. The van der Waals surface area contributed by atoms with Gasteiger partial charge in [0.05, 0.1) is 6.20 Å². The van der Waals surface area contributed by atoms with Crippen LogP contribution in [0.5, 0.6) is 0 Å². The van der Waals surface area contributed by atoms with Crippen LogP contribution >= 0.6 is 0 Å². The van der Waals surface area contributed by atoms with Crippen LogP contribution in [0, 0.1) is 5.92 Å². The highest BCUT2D eigenvalue weighted by molar-refractivity contribution is 5.86. The maximum atomic E-state index is 12.4. The third-order valence-electron chi connectivity index (χ3n) is 5.20. The first kappa shape index (κ1) is 17.7. The number of aromatic nitrogens is 3. The second-order valence-electron chi connectivity index (χ2n) is 7.11. The van der Waals surface area contributed by atoms with Gasteiger partial charge in [-0.25, -0.2) is 4.79 Å². The second kappa shape index (κ2) is 8.31. The average molecular weight is 348 g/mol. The first-order valence-electron chi connectivity index (χ1n) is 9.32. The van der Waals surface area contributed by atoms with Crippen LogP contribution in [0.2, 0.25) is 0 Å². The molecule has 3 heterocycles. The van der Waals surface area contributed by atoms with Crippen LogP contribution in [0.4, 0.5) is 4.79 Å². The smallest absolute Gasteiger partial charge is 0.318 e. The van der Waals surface area contributed by atoms with Crippen molar-refractivity contribution in [2.75, 3.05) is 26.2 Å². The molecule has 2 saturated heterocycles. The van der Waals surface area contributed by atoms with Gasteiger partial charge in [0.15, 0.2) is 0 Å². The molecule has 2 aliphatic rings. The lowest BCUT2D eigenvalue weighted by Gasteiger charge is -2.34. The van der Waals surface area contributed by atoms with Crippen LogP contribution in [-0.4, -0.2) is 69.0 Å². The molecular formula is C17H28N6O2. The molecule has 8 nitrogen and oxygen atoms in total. The Kier molecular flexibility index (Phi) is 5.88. The molecule has 0 unspecified atom stereocenters. The standard InChI is InChI=1S/C17H28N6O2/c1-14(16(24)21-8-3-2-4-9-21)19-17(25)22-10-5-15(6-11-22)13-23-12-7-18-20-23/h7,12,14-15H,2-6,8-11,13H2,1H3,(H,19,25)/t14-/m0/s1. The molecular weight excluding hydrogens is 320 g/mol. The van der Waals surface area contributed by atoms with E-state index in [1.165, 1.54) is 6.42 Å². The number of nitrogens with zero attached hydrogens (tertiary/aromatic N) is 5. The number of hydrogen-bond acceptors (Lipinski definition) is 4. The third-order valence-corrected chi connectivity index (χ3v) is 5.20. The van der Waals surface area contributed by atoms with Crippen LogP contribution in [0.25, 0.3) is 0 Å². The van der Waals surface area contributed by atoms with Gasteiger partial charge in [0.25, 0.3) is 0 Å². The summed E-state index contributed by atoms with van der Waals surface area (Å²) in [6, 6.07) is -0.587. The minimum Gasteiger partial charge on any atom is -0.341 e. The predicted octanol–water partition coefficient (Wildman–Crippen LogP) is 1.10. The molecule has 1 aromatic heterocycles. The summed E-state index contributed by atoms with van der Waals surface area (Å²) in [6.45, 7) is 5.69. The van der Waals surface area contributed by atoms with E-state index >= 15 is 0 Å². The monoisotopic (exact) mass is 348 g/mol. The molecule has 0 aliphatic carbocycles. The minimum atomic E-state index is -0.460. The Labute approximate surface area is 148 Å². The van der Waals surface area contributed by atoms with E-state index in [1.807, 2.05) is 20.7 Å². The highest BCUT2D eigenvalue weighted by Gasteiger charge is 2.27. The molecule has 3 rings (SSSR count). The Morgan fingerprint density at radius 1 is 1.12 bits per heavy atom. The molecule has 3 amide bonds. The van der Waals surface area contributed by atoms with Gasteiger partial charge in [-0.1, -0.05) is 5.21 Å². The van der Waals surface area contributed by atoms with Crippen molar-refractivity contribution < 1.29 is 9.59 Å². The van der Waals surface area contributed by atoms with Gasteiger partial charge >= 0.3 is 6.03 Å². The van der Waals surface area contributed by atoms with Crippen molar-refractivity contribution in [2.45, 2.75) is 51.6 Å². The van der Waals surface area contributed by atoms with Gasteiger partial charge in [-0.2, -0.15) is 0 Å². The lowest BCUT2D eigenvalue weighted by Crippen LogP contribution is -2.53. The first-order valence-corrected chi connectivity index (χ1v) is 9.32. The molecule has 138 valence electrons. The van der Waals surface area contributed by atoms with Gasteiger partial charge in [0, 0.05) is 38.9 Å². The maximum absolute atomic E-state index is 12.4. The third kappa shape index (κ3) is 4.70. The van der Waals surface area contributed by atoms with Crippen molar-refractivity contribution >= 4 is 11.9 Å². The zero-order valence-corrected chi connectivity index (χ0v) is 14.9. The van der Waals surface area contributed by atoms with E-state index in [2.05, 4.69) is 15.6 Å². The fraction of sp³-hybridized carbons (Fsp3) is 0.765. The topological polar surface area (TPSA) is 83.4 Å². The zero-order valence-electron chi connectivity index (χ0n) is 14.9. The molecule has 0 spiro atoms. The molecule has 0 bridgehead atoms. The van der Waals surface area contributed by atoms with E-state index < -0.39 is 6.04 Å². The number of hydrogen-bond donors (Lipinski definition) is 1. The quantitative estimate of drug-likeness (QED) is 0.883. The van der Waals surface area contributed by atoms with Crippen molar-refractivity contribution in [3.05, 3.63) is 12.4 Å². The van der Waals surface area contributed by atoms with Gasteiger partial charge < -0.3 is 15.1 Å². The summed E-state index contributed by atoms with van der Waals surface area (Å²) in [5, 5.41) is 10.7. The molecule has 2 fully saturated rings. The Morgan fingerprint density at radius 3 is 2.48 bits per heavy atom. The van der Waals surface area contributed by atoms with Crippen molar-refractivity contribution in [3.8, 4) is 0 Å². The summed E-state index contributed by atoms with van der Waals surface area (Å²) >= 11 is 0. The molecule has 25 heavy (non-hydrogen) atoms. The van der Waals surface area contributed by atoms with Crippen molar-refractivity contribution in [2.24, 2.45) is 5.92 Å². The van der Waals surface area contributed by atoms with E-state index in [4.69, 9.17) is 0 Å². The second-order valence-corrected chi connectivity index (χ2v) is 7.11. The van der Waals surface area contributed by atoms with E-state index in [1.54, 1.807) is 13.1 Å². The largest absolute Gasteiger partial charge is 0.341 e. The normalized spacial score (nSPS) is 20.4. The summed E-state index contributed by atoms with van der Waals surface area (Å²) in [5.74, 6) is 0.548. The number of urea groups is 1. The van der Waals surface area contributed by atoms with E-state index in [-0.39, 0.29) is 11.9 Å². The van der Waals surface area contributed by atoms with Crippen LogP contribution in [-0.2, 0) is 11.3 Å². The van der Waals surface area contributed by atoms with Gasteiger partial charge in [-0.3, -0.25) is 9.48 Å². The highest BCUT2D eigenvalue weighted by atomic mass is 16.2. The summed E-state index contributed by atoms with van der Waals surface area (Å²) < 4.78 is 1.85. The summed E-state index contributed by atoms with van der Waals surface area (Å²) in [4.78, 5) is 28.6. The first-order chi connectivity index (χ1) is 12.1. The van der Waals surface area contributed by atoms with Crippen LogP contribution in [0.1, 0.15) is 39.0 Å². The molecule has 1 aromatic rings. The van der Waals surface area contributed by atoms with E-state index in [0.29, 0.717) is 5.92 Å². The number of carbonyl (C=O) groups excluding carboxylic acids is 2. The number of likely N-dealkylation sites (tertiary alicyclic amines) is 2. The minimum absolute atomic E-state index is 0.0362. The Bertz CT molecular complexity index is 562. The van der Waals surface area contributed by atoms with Crippen molar-refractivity contribution in [1.29, 1.82) is 0 Å². The Balaban J connectivity index is 1.41. The van der Waals surface area contributed by atoms with Gasteiger partial charge in [-0.15, -0.1) is 5.10 Å². The molecule has 0 radical (unpaired) electrons. The number of nitrogens with one attached hydrogen (secondary N) is 1. The number of piperidine rings is 2. The van der Waals surface area contributed by atoms with Crippen molar-refractivity contribution in [3.63, 3.8) is 0 Å². The SMILES string of the molecule is C[C@H](NC(=O)N1CCC(Cn2ccnn2)CC1)C(=O)N1CCCCC1. The molecule has 1 atom stereocenters. The van der Waals surface area contributed by atoms with E-state index in [0.717, 1.165) is 58.4 Å². The van der Waals surface area contributed by atoms with Gasteiger partial charge in [0.2, 0.25) is 5.91 Å². The number of carbonyl (C=O) groups is 2. The lowest BCUT2D eigenvalue weighted by atomic mass is 9.97. The van der Waals surface area contributed by atoms with Crippen LogP contribution in [0.15, 0.2) is 12.4 Å². The zero-order chi connectivity index (χ0) is 17.6. The van der Waals surface area contributed by atoms with Gasteiger partial charge in [0.1, 0.15) is 6.04 Å². The summed E-state index contributed by atoms with van der Waals surface area (Å²) in [6.07, 6.45) is 8.76. The van der Waals surface area contributed by atoms with Crippen molar-refractivity contribution in [1.82, 2.24) is 30.1 Å². The molecule has 0 saturated carbocycles. The predicted molar refractivity (Wildman–Crippen MR) is 92.7 cm³/mol. The van der Waals surface area contributed by atoms with E-state index in [9.17, 15) is 9.59 Å². The fourth-order valence-corrected chi connectivity index (χ4v) is 3.64. The van der Waals surface area contributed by atoms with Crippen LogP contribution in [0.3, 0.4) is 0 Å². The summed E-state index contributed by atoms with van der Waals surface area (Å²) in [5.41, 5.74) is 0. The maximum Gasteiger partial charge on any atom is 0.318 e. The Hall–Kier alpha value is -2.12. The molecule has 0 aromatic carbocycles. The highest BCUT2D eigenvalue weighted by Crippen LogP contribution is 2.19. The summed E-state index contributed by atoms with van der Waals surface area (Å²) in [7, 11) is 0. The number of amides is 3.